The van der Waals surface area contributed by atoms with Gasteiger partial charge >= 0.3 is 11.9 Å². The third-order valence-corrected chi connectivity index (χ3v) is 11.0. The van der Waals surface area contributed by atoms with Crippen LogP contribution in [0.2, 0.25) is 0 Å². The minimum Gasteiger partial charge on any atom is -0.465 e. The molecule has 0 amide bonds. The van der Waals surface area contributed by atoms with Crippen molar-refractivity contribution in [1.29, 1.82) is 0 Å². The summed E-state index contributed by atoms with van der Waals surface area (Å²) in [7, 11) is 2.13. The van der Waals surface area contributed by atoms with Gasteiger partial charge in [-0.3, -0.25) is 14.5 Å². The van der Waals surface area contributed by atoms with Gasteiger partial charge in [0.25, 0.3) is 0 Å². The zero-order valence-corrected chi connectivity index (χ0v) is 24.0. The maximum atomic E-state index is 13.0. The molecule has 4 fully saturated rings. The van der Waals surface area contributed by atoms with Crippen LogP contribution < -0.4 is 0 Å². The summed E-state index contributed by atoms with van der Waals surface area (Å²) in [6.07, 6.45) is 14.7. The van der Waals surface area contributed by atoms with Gasteiger partial charge in [0, 0.05) is 11.1 Å². The Labute approximate surface area is 220 Å². The molecule has 1 heterocycles. The van der Waals surface area contributed by atoms with Crippen LogP contribution >= 0.6 is 0 Å². The highest BCUT2D eigenvalue weighted by Crippen LogP contribution is 2.45. The summed E-state index contributed by atoms with van der Waals surface area (Å²) in [6, 6.07) is 0. The largest absolute Gasteiger partial charge is 0.465 e. The summed E-state index contributed by atoms with van der Waals surface area (Å²) in [5.41, 5.74) is -0.145. The number of hydrogen-bond acceptors (Lipinski definition) is 5. The molecule has 3 saturated carbocycles. The maximum Gasteiger partial charge on any atom is 0.310 e. The van der Waals surface area contributed by atoms with Gasteiger partial charge in [-0.1, -0.05) is 6.92 Å². The molecular formula is C31H53NO4. The third kappa shape index (κ3) is 6.30. The van der Waals surface area contributed by atoms with Crippen molar-refractivity contribution in [3.05, 3.63) is 0 Å². The van der Waals surface area contributed by atoms with Crippen LogP contribution in [0, 0.1) is 35.5 Å². The fraction of sp³-hybridized carbons (Fsp3) is 0.935. The Bertz CT molecular complexity index is 753. The molecule has 0 N–H and O–H groups in total. The van der Waals surface area contributed by atoms with E-state index in [9.17, 15) is 9.59 Å². The van der Waals surface area contributed by atoms with Gasteiger partial charge in [0.05, 0.1) is 18.4 Å². The lowest BCUT2D eigenvalue weighted by Gasteiger charge is -2.38. The number of carbonyl (C=O) groups excluding carboxylic acids is 2. The maximum absolute atomic E-state index is 13.0. The molecular weight excluding hydrogens is 450 g/mol. The summed E-state index contributed by atoms with van der Waals surface area (Å²) in [6.45, 7) is 11.7. The molecule has 1 unspecified atom stereocenters. The fourth-order valence-corrected chi connectivity index (χ4v) is 7.83. The molecule has 0 bridgehead atoms. The van der Waals surface area contributed by atoms with E-state index in [1.165, 1.54) is 51.4 Å². The lowest BCUT2D eigenvalue weighted by molar-refractivity contribution is -0.158. The van der Waals surface area contributed by atoms with Crippen LogP contribution in [0.3, 0.4) is 0 Å². The molecule has 0 spiro atoms. The fourth-order valence-electron chi connectivity index (χ4n) is 7.83. The van der Waals surface area contributed by atoms with Crippen molar-refractivity contribution in [2.45, 2.75) is 135 Å². The first-order chi connectivity index (χ1) is 17.0. The molecule has 1 saturated heterocycles. The minimum atomic E-state index is -0.168. The molecule has 36 heavy (non-hydrogen) atoms. The summed E-state index contributed by atoms with van der Waals surface area (Å²) in [4.78, 5) is 28.0. The van der Waals surface area contributed by atoms with Gasteiger partial charge in [0.15, 0.2) is 0 Å². The molecule has 3 aliphatic carbocycles. The first-order valence-corrected chi connectivity index (χ1v) is 15.1. The molecule has 5 nitrogen and oxygen atoms in total. The first kappa shape index (κ1) is 27.9. The molecule has 5 heteroatoms. The van der Waals surface area contributed by atoms with Crippen molar-refractivity contribution in [2.24, 2.45) is 35.5 Å². The van der Waals surface area contributed by atoms with Gasteiger partial charge in [-0.15, -0.1) is 0 Å². The van der Waals surface area contributed by atoms with Crippen molar-refractivity contribution in [2.75, 3.05) is 13.7 Å². The molecule has 0 radical (unpaired) electrons. The van der Waals surface area contributed by atoms with E-state index in [2.05, 4.69) is 46.6 Å². The average Bonchev–Trinajstić information content (AvgIpc) is 3.03. The topological polar surface area (TPSA) is 55.8 Å². The molecule has 0 aromatic carbocycles. The Kier molecular flexibility index (Phi) is 8.79. The van der Waals surface area contributed by atoms with Crippen LogP contribution in [0.1, 0.15) is 118 Å². The highest BCUT2D eigenvalue weighted by molar-refractivity contribution is 5.75. The summed E-state index contributed by atoms with van der Waals surface area (Å²) < 4.78 is 11.8. The van der Waals surface area contributed by atoms with E-state index in [4.69, 9.17) is 9.47 Å². The van der Waals surface area contributed by atoms with E-state index in [1.54, 1.807) is 0 Å². The lowest BCUT2D eigenvalue weighted by Crippen LogP contribution is -2.48. The van der Waals surface area contributed by atoms with E-state index in [1.807, 2.05) is 0 Å². The molecule has 0 aromatic heterocycles. The number of carbonyl (C=O) groups is 2. The van der Waals surface area contributed by atoms with E-state index < -0.39 is 0 Å². The van der Waals surface area contributed by atoms with E-state index in [0.717, 1.165) is 49.9 Å². The predicted octanol–water partition coefficient (Wildman–Crippen LogP) is 6.77. The Hall–Kier alpha value is -1.10. The number of nitrogens with zero attached hydrogens (tertiary/aromatic N) is 1. The second-order valence-corrected chi connectivity index (χ2v) is 14.1. The highest BCUT2D eigenvalue weighted by atomic mass is 16.5. The molecule has 206 valence electrons. The highest BCUT2D eigenvalue weighted by Gasteiger charge is 2.53. The lowest BCUT2D eigenvalue weighted by atomic mass is 9.69. The normalized spacial score (nSPS) is 38.9. The second kappa shape index (κ2) is 11.3. The Morgan fingerprint density at radius 1 is 0.778 bits per heavy atom. The van der Waals surface area contributed by atoms with Gasteiger partial charge < -0.3 is 9.47 Å². The zero-order valence-electron chi connectivity index (χ0n) is 24.0. The predicted molar refractivity (Wildman–Crippen MR) is 143 cm³/mol. The van der Waals surface area contributed by atoms with Crippen LogP contribution in [0.15, 0.2) is 0 Å². The number of likely N-dealkylation sites (tertiary alicyclic amines) is 1. The van der Waals surface area contributed by atoms with Crippen molar-refractivity contribution in [3.8, 4) is 0 Å². The third-order valence-electron chi connectivity index (χ3n) is 11.0. The quantitative estimate of drug-likeness (QED) is 0.374. The zero-order chi connectivity index (χ0) is 26.1. The summed E-state index contributed by atoms with van der Waals surface area (Å²) >= 11 is 0. The molecule has 1 aliphatic heterocycles. The molecule has 0 aromatic rings. The SMILES string of the molecule is CC1CCC(OC(=O)C2CCC(C3CCC(COC(=O)C4CC(C)(C)N(C)C4(C)C)CC3)CC2)CC1. The van der Waals surface area contributed by atoms with Crippen molar-refractivity contribution >= 4 is 11.9 Å². The average molecular weight is 504 g/mol. The molecule has 4 rings (SSSR count). The molecule has 1 atom stereocenters. The van der Waals surface area contributed by atoms with Crippen molar-refractivity contribution in [3.63, 3.8) is 0 Å². The monoisotopic (exact) mass is 503 g/mol. The van der Waals surface area contributed by atoms with Crippen LogP contribution in [0.4, 0.5) is 0 Å². The first-order valence-electron chi connectivity index (χ1n) is 15.1. The van der Waals surface area contributed by atoms with Gasteiger partial charge in [-0.05, 0) is 142 Å². The molecule has 4 aliphatic rings. The van der Waals surface area contributed by atoms with Gasteiger partial charge in [-0.25, -0.2) is 0 Å². The number of esters is 2. The van der Waals surface area contributed by atoms with Gasteiger partial charge in [-0.2, -0.15) is 0 Å². The second-order valence-electron chi connectivity index (χ2n) is 14.1. The van der Waals surface area contributed by atoms with Crippen LogP contribution in [-0.4, -0.2) is 47.7 Å². The van der Waals surface area contributed by atoms with Crippen LogP contribution in [0.5, 0.6) is 0 Å². The van der Waals surface area contributed by atoms with Crippen LogP contribution in [-0.2, 0) is 19.1 Å². The van der Waals surface area contributed by atoms with E-state index >= 15 is 0 Å². The Morgan fingerprint density at radius 2 is 1.33 bits per heavy atom. The van der Waals surface area contributed by atoms with E-state index in [0.29, 0.717) is 12.5 Å². The van der Waals surface area contributed by atoms with Crippen molar-refractivity contribution in [1.82, 2.24) is 4.90 Å². The number of ether oxygens (including phenoxy) is 2. The Morgan fingerprint density at radius 3 is 1.86 bits per heavy atom. The van der Waals surface area contributed by atoms with Crippen LogP contribution in [0.25, 0.3) is 0 Å². The van der Waals surface area contributed by atoms with Gasteiger partial charge in [0.1, 0.15) is 6.10 Å². The smallest absolute Gasteiger partial charge is 0.310 e. The van der Waals surface area contributed by atoms with E-state index in [-0.39, 0.29) is 41.0 Å². The standard InChI is InChI=1S/C31H53NO4/c1-21-7-17-26(18-8-21)36-28(33)25-15-13-24(14-16-25)23-11-9-22(10-12-23)20-35-29(34)27-19-30(2,3)32(6)31(27,4)5/h21-27H,7-20H2,1-6H3. The van der Waals surface area contributed by atoms with Crippen molar-refractivity contribution < 1.29 is 19.1 Å². The number of hydrogen-bond donors (Lipinski definition) is 0. The summed E-state index contributed by atoms with van der Waals surface area (Å²) in [5.74, 6) is 2.96. The van der Waals surface area contributed by atoms with Gasteiger partial charge in [0.2, 0.25) is 0 Å². The minimum absolute atomic E-state index is 0.00695. The number of rotatable bonds is 6. The summed E-state index contributed by atoms with van der Waals surface area (Å²) in [5, 5.41) is 0. The Balaban J connectivity index is 1.14.